The Hall–Kier alpha value is -1.31. The lowest BCUT2D eigenvalue weighted by Gasteiger charge is -2.25. The minimum atomic E-state index is 0.0611. The van der Waals surface area contributed by atoms with E-state index < -0.39 is 0 Å². The van der Waals surface area contributed by atoms with Gasteiger partial charge in [-0.25, -0.2) is 0 Å². The Bertz CT molecular complexity index is 579. The van der Waals surface area contributed by atoms with Crippen molar-refractivity contribution in [2.75, 3.05) is 25.6 Å². The maximum atomic E-state index is 8.74. The van der Waals surface area contributed by atoms with E-state index in [0.717, 1.165) is 22.5 Å². The quantitative estimate of drug-likeness (QED) is 0.589. The molecule has 0 aromatic carbocycles. The van der Waals surface area contributed by atoms with Crippen molar-refractivity contribution in [3.63, 3.8) is 0 Å². The van der Waals surface area contributed by atoms with Crippen molar-refractivity contribution < 1.29 is 14.3 Å². The van der Waals surface area contributed by atoms with Crippen LogP contribution in [0.4, 0.5) is 0 Å². The van der Waals surface area contributed by atoms with Crippen LogP contribution in [-0.2, 0) is 4.74 Å². The molecule has 2 aromatic heterocycles. The molecule has 0 saturated heterocycles. The smallest absolute Gasteiger partial charge is 0.200 e. The van der Waals surface area contributed by atoms with Crippen LogP contribution in [0.5, 0.6) is 0 Å². The van der Waals surface area contributed by atoms with Gasteiger partial charge in [-0.3, -0.25) is 4.57 Å². The van der Waals surface area contributed by atoms with Crippen LogP contribution >= 0.6 is 11.8 Å². The van der Waals surface area contributed by atoms with Crippen LogP contribution in [-0.4, -0.2) is 45.4 Å². The van der Waals surface area contributed by atoms with E-state index in [0.29, 0.717) is 19.3 Å². The lowest BCUT2D eigenvalue weighted by atomic mass is 9.95. The second-order valence-electron chi connectivity index (χ2n) is 5.63. The lowest BCUT2D eigenvalue weighted by molar-refractivity contribution is 0.103. The first-order valence-corrected chi connectivity index (χ1v) is 9.19. The number of ether oxygens (including phenoxy) is 1. The average molecular weight is 337 g/mol. The summed E-state index contributed by atoms with van der Waals surface area (Å²) in [5.74, 6) is 2.38. The van der Waals surface area contributed by atoms with E-state index in [9.17, 15) is 0 Å². The van der Waals surface area contributed by atoms with Crippen molar-refractivity contribution in [3.8, 4) is 11.6 Å². The van der Waals surface area contributed by atoms with Gasteiger partial charge in [0.2, 0.25) is 5.82 Å². The molecular weight excluding hydrogens is 314 g/mol. The maximum absolute atomic E-state index is 8.74. The van der Waals surface area contributed by atoms with Crippen molar-refractivity contribution in [2.45, 2.75) is 43.3 Å². The molecule has 6 nitrogen and oxygen atoms in total. The maximum Gasteiger partial charge on any atom is 0.200 e. The van der Waals surface area contributed by atoms with E-state index in [4.69, 9.17) is 14.3 Å². The molecule has 23 heavy (non-hydrogen) atoms. The molecule has 1 fully saturated rings. The van der Waals surface area contributed by atoms with Crippen LogP contribution in [0.25, 0.3) is 11.6 Å². The summed E-state index contributed by atoms with van der Waals surface area (Å²) >= 11 is 1.65. The Morgan fingerprint density at radius 1 is 1.26 bits per heavy atom. The second kappa shape index (κ2) is 8.52. The predicted octanol–water partition coefficient (Wildman–Crippen LogP) is 3.14. The van der Waals surface area contributed by atoms with Crippen LogP contribution in [0.3, 0.4) is 0 Å². The van der Waals surface area contributed by atoms with Gasteiger partial charge in [0.25, 0.3) is 0 Å². The van der Waals surface area contributed by atoms with Gasteiger partial charge in [0.05, 0.1) is 26.1 Å². The number of nitrogens with zero attached hydrogens (tertiary/aromatic N) is 3. The van der Waals surface area contributed by atoms with Crippen LogP contribution in [0.15, 0.2) is 28.0 Å². The number of aliphatic hydroxyl groups is 1. The van der Waals surface area contributed by atoms with E-state index in [1.165, 1.54) is 32.1 Å². The van der Waals surface area contributed by atoms with Crippen LogP contribution in [0.2, 0.25) is 0 Å². The Labute approximate surface area is 140 Å². The first-order chi connectivity index (χ1) is 11.4. The topological polar surface area (TPSA) is 73.3 Å². The number of hydrogen-bond donors (Lipinski definition) is 1. The highest BCUT2D eigenvalue weighted by atomic mass is 32.2. The fraction of sp³-hybridized carbons (Fsp3) is 0.625. The summed E-state index contributed by atoms with van der Waals surface area (Å²) in [6.45, 7) is 1.04. The zero-order valence-corrected chi connectivity index (χ0v) is 14.0. The van der Waals surface area contributed by atoms with E-state index in [2.05, 4.69) is 14.8 Å². The molecule has 1 aliphatic rings. The SMILES string of the molecule is OCCOCCSc1nnc(-c2ccco2)n1C1CCCCC1. The highest BCUT2D eigenvalue weighted by molar-refractivity contribution is 7.99. The summed E-state index contributed by atoms with van der Waals surface area (Å²) in [5, 5.41) is 18.4. The summed E-state index contributed by atoms with van der Waals surface area (Å²) in [4.78, 5) is 0. The van der Waals surface area contributed by atoms with Crippen molar-refractivity contribution >= 4 is 11.8 Å². The first-order valence-electron chi connectivity index (χ1n) is 8.20. The fourth-order valence-corrected chi connectivity index (χ4v) is 3.83. The molecule has 1 saturated carbocycles. The van der Waals surface area contributed by atoms with Gasteiger partial charge in [-0.2, -0.15) is 0 Å². The van der Waals surface area contributed by atoms with Crippen LogP contribution in [0.1, 0.15) is 38.1 Å². The summed E-state index contributed by atoms with van der Waals surface area (Å²) in [7, 11) is 0. The molecule has 3 rings (SSSR count). The third-order valence-electron chi connectivity index (χ3n) is 4.04. The van der Waals surface area contributed by atoms with Gasteiger partial charge in [0.1, 0.15) is 0 Å². The summed E-state index contributed by atoms with van der Waals surface area (Å²) < 4.78 is 13.1. The Kier molecular flexibility index (Phi) is 6.13. The van der Waals surface area contributed by atoms with Gasteiger partial charge in [0.15, 0.2) is 10.9 Å². The molecule has 7 heteroatoms. The molecule has 2 heterocycles. The summed E-state index contributed by atoms with van der Waals surface area (Å²) in [6, 6.07) is 4.26. The van der Waals surface area contributed by atoms with E-state index in [1.807, 2.05) is 12.1 Å². The minimum absolute atomic E-state index is 0.0611. The van der Waals surface area contributed by atoms with E-state index in [-0.39, 0.29) is 6.61 Å². The highest BCUT2D eigenvalue weighted by Crippen LogP contribution is 2.35. The third kappa shape index (κ3) is 4.16. The number of rotatable bonds is 8. The average Bonchev–Trinajstić information content (AvgIpc) is 3.25. The number of aliphatic hydroxyl groups excluding tert-OH is 1. The lowest BCUT2D eigenvalue weighted by Crippen LogP contribution is -2.15. The van der Waals surface area contributed by atoms with Crippen molar-refractivity contribution in [1.29, 1.82) is 0 Å². The number of furan rings is 1. The second-order valence-corrected chi connectivity index (χ2v) is 6.69. The zero-order valence-electron chi connectivity index (χ0n) is 13.2. The van der Waals surface area contributed by atoms with Crippen LogP contribution in [0, 0.1) is 0 Å². The number of aromatic nitrogens is 3. The molecule has 0 bridgehead atoms. The largest absolute Gasteiger partial charge is 0.461 e. The van der Waals surface area contributed by atoms with Crippen LogP contribution < -0.4 is 0 Å². The molecular formula is C16H23N3O3S. The normalized spacial score (nSPS) is 16.0. The van der Waals surface area contributed by atoms with E-state index >= 15 is 0 Å². The standard InChI is InChI=1S/C16H23N3O3S/c20-8-10-21-11-12-23-16-18-17-15(14-7-4-9-22-14)19(16)13-5-2-1-3-6-13/h4,7,9,13,20H,1-3,5-6,8,10-12H2. The van der Waals surface area contributed by atoms with Crippen molar-refractivity contribution in [2.24, 2.45) is 0 Å². The van der Waals surface area contributed by atoms with Crippen molar-refractivity contribution in [3.05, 3.63) is 18.4 Å². The molecule has 0 unspecified atom stereocenters. The fourth-order valence-electron chi connectivity index (χ4n) is 2.98. The molecule has 0 spiro atoms. The predicted molar refractivity (Wildman–Crippen MR) is 88.5 cm³/mol. The van der Waals surface area contributed by atoms with Crippen molar-refractivity contribution in [1.82, 2.24) is 14.8 Å². The number of thioether (sulfide) groups is 1. The molecule has 0 atom stereocenters. The number of hydrogen-bond acceptors (Lipinski definition) is 6. The molecule has 0 radical (unpaired) electrons. The highest BCUT2D eigenvalue weighted by Gasteiger charge is 2.24. The zero-order chi connectivity index (χ0) is 15.9. The molecule has 2 aromatic rings. The van der Waals surface area contributed by atoms with Gasteiger partial charge in [0, 0.05) is 11.8 Å². The molecule has 126 valence electrons. The molecule has 1 aliphatic carbocycles. The third-order valence-corrected chi connectivity index (χ3v) is 4.95. The summed E-state index contributed by atoms with van der Waals surface area (Å²) in [6.07, 6.45) is 7.83. The monoisotopic (exact) mass is 337 g/mol. The molecule has 0 aliphatic heterocycles. The van der Waals surface area contributed by atoms with Gasteiger partial charge in [-0.15, -0.1) is 10.2 Å². The van der Waals surface area contributed by atoms with Gasteiger partial charge >= 0.3 is 0 Å². The first kappa shape index (κ1) is 16.5. The summed E-state index contributed by atoms with van der Waals surface area (Å²) in [5.41, 5.74) is 0. The minimum Gasteiger partial charge on any atom is -0.461 e. The Morgan fingerprint density at radius 3 is 2.87 bits per heavy atom. The Morgan fingerprint density at radius 2 is 2.13 bits per heavy atom. The molecule has 0 amide bonds. The van der Waals surface area contributed by atoms with E-state index in [1.54, 1.807) is 18.0 Å². The Balaban J connectivity index is 1.75. The molecule has 1 N–H and O–H groups in total. The van der Waals surface area contributed by atoms with Gasteiger partial charge < -0.3 is 14.3 Å². The van der Waals surface area contributed by atoms with Gasteiger partial charge in [-0.1, -0.05) is 31.0 Å². The van der Waals surface area contributed by atoms with Gasteiger partial charge in [-0.05, 0) is 25.0 Å².